The number of methoxy groups -OCH3 is 1. The summed E-state index contributed by atoms with van der Waals surface area (Å²) >= 11 is 9.61. The molecule has 0 atom stereocenters. The summed E-state index contributed by atoms with van der Waals surface area (Å²) in [6.45, 7) is 0. The van der Waals surface area contributed by atoms with Gasteiger partial charge in [0, 0.05) is 21.7 Å². The smallest absolute Gasteiger partial charge is 0.138 e. The number of H-pyrrole nitrogens is 1. The summed E-state index contributed by atoms with van der Waals surface area (Å²) < 4.78 is 6.21. The molecule has 5 heteroatoms. The van der Waals surface area contributed by atoms with Crippen LogP contribution in [0, 0.1) is 0 Å². The second kappa shape index (κ2) is 7.59. The van der Waals surface area contributed by atoms with Crippen LogP contribution in [0.2, 0.25) is 5.02 Å². The average Bonchev–Trinajstić information content (AvgIpc) is 3.14. The summed E-state index contributed by atoms with van der Waals surface area (Å²) in [5.74, 6) is 1.58. The Balaban J connectivity index is 1.87. The quantitative estimate of drug-likeness (QED) is 0.378. The van der Waals surface area contributed by atoms with Crippen molar-refractivity contribution in [2.24, 2.45) is 0 Å². The predicted molar refractivity (Wildman–Crippen MR) is 114 cm³/mol. The normalized spacial score (nSPS) is 10.8. The molecular weight excluding hydrogens is 424 g/mol. The first-order chi connectivity index (χ1) is 13.2. The summed E-state index contributed by atoms with van der Waals surface area (Å²) in [6, 6.07) is 23.8. The Morgan fingerprint density at radius 1 is 0.889 bits per heavy atom. The highest BCUT2D eigenvalue weighted by molar-refractivity contribution is 9.10. The molecule has 3 nitrogen and oxygen atoms in total. The van der Waals surface area contributed by atoms with E-state index in [9.17, 15) is 0 Å². The van der Waals surface area contributed by atoms with E-state index in [4.69, 9.17) is 21.3 Å². The van der Waals surface area contributed by atoms with Gasteiger partial charge >= 0.3 is 0 Å². The van der Waals surface area contributed by atoms with Crippen molar-refractivity contribution in [1.29, 1.82) is 0 Å². The number of ether oxygens (including phenoxy) is 1. The van der Waals surface area contributed by atoms with Crippen LogP contribution in [-0.4, -0.2) is 17.1 Å². The Bertz CT molecular complexity index is 1080. The predicted octanol–water partition coefficient (Wildman–Crippen LogP) is 6.84. The van der Waals surface area contributed by atoms with Crippen molar-refractivity contribution in [3.8, 4) is 39.7 Å². The van der Waals surface area contributed by atoms with E-state index in [1.165, 1.54) is 0 Å². The van der Waals surface area contributed by atoms with Crippen molar-refractivity contribution in [2.45, 2.75) is 0 Å². The van der Waals surface area contributed by atoms with Crippen LogP contribution in [0.4, 0.5) is 0 Å². The number of aromatic nitrogens is 2. The lowest BCUT2D eigenvalue weighted by atomic mass is 10.1. The maximum Gasteiger partial charge on any atom is 0.138 e. The van der Waals surface area contributed by atoms with E-state index < -0.39 is 0 Å². The van der Waals surface area contributed by atoms with Crippen molar-refractivity contribution in [2.75, 3.05) is 7.11 Å². The molecule has 0 unspecified atom stereocenters. The van der Waals surface area contributed by atoms with Crippen LogP contribution in [0.15, 0.2) is 77.3 Å². The lowest BCUT2D eigenvalue weighted by Crippen LogP contribution is -1.86. The number of hydrogen-bond donors (Lipinski definition) is 1. The van der Waals surface area contributed by atoms with Crippen LogP contribution in [0.5, 0.6) is 5.75 Å². The van der Waals surface area contributed by atoms with Crippen LogP contribution in [0.3, 0.4) is 0 Å². The monoisotopic (exact) mass is 438 g/mol. The molecule has 3 aromatic carbocycles. The van der Waals surface area contributed by atoms with Crippen LogP contribution in [0.25, 0.3) is 33.9 Å². The number of hydrogen-bond acceptors (Lipinski definition) is 2. The van der Waals surface area contributed by atoms with Crippen molar-refractivity contribution in [3.05, 3.63) is 82.3 Å². The number of imidazole rings is 1. The number of rotatable bonds is 4. The standard InChI is InChI=1S/C22H16BrClN2O/c1-27-19-12-9-16(13-18(19)23)22-25-20(14-5-3-2-4-6-14)21(26-22)15-7-10-17(24)11-8-15/h2-13H,1H3,(H,25,26). The van der Waals surface area contributed by atoms with Crippen molar-refractivity contribution in [3.63, 3.8) is 0 Å². The van der Waals surface area contributed by atoms with Gasteiger partial charge in [-0.15, -0.1) is 0 Å². The summed E-state index contributed by atoms with van der Waals surface area (Å²) in [6.07, 6.45) is 0. The molecular formula is C22H16BrClN2O. The summed E-state index contributed by atoms with van der Waals surface area (Å²) in [5, 5.41) is 0.707. The zero-order valence-corrected chi connectivity index (χ0v) is 16.9. The Morgan fingerprint density at radius 2 is 1.59 bits per heavy atom. The maximum atomic E-state index is 6.06. The Kier molecular flexibility index (Phi) is 5.01. The topological polar surface area (TPSA) is 37.9 Å². The minimum absolute atomic E-state index is 0.707. The van der Waals surface area contributed by atoms with Gasteiger partial charge in [0.05, 0.1) is 23.0 Å². The third kappa shape index (κ3) is 3.64. The molecule has 0 saturated carbocycles. The van der Waals surface area contributed by atoms with Gasteiger partial charge in [-0.25, -0.2) is 4.98 Å². The molecule has 0 radical (unpaired) electrons. The summed E-state index contributed by atoms with van der Waals surface area (Å²) in [5.41, 5.74) is 4.92. The molecule has 4 aromatic rings. The van der Waals surface area contributed by atoms with E-state index in [0.29, 0.717) is 5.02 Å². The zero-order valence-electron chi connectivity index (χ0n) is 14.5. The minimum atomic E-state index is 0.707. The molecule has 1 N–H and O–H groups in total. The largest absolute Gasteiger partial charge is 0.496 e. The number of halogens is 2. The van der Waals surface area contributed by atoms with Crippen molar-refractivity contribution < 1.29 is 4.74 Å². The third-order valence-electron chi connectivity index (χ3n) is 4.31. The number of nitrogens with zero attached hydrogens (tertiary/aromatic N) is 1. The molecule has 0 amide bonds. The molecule has 0 aliphatic heterocycles. The molecule has 0 aliphatic carbocycles. The number of nitrogens with one attached hydrogen (secondary N) is 1. The van der Waals surface area contributed by atoms with Gasteiger partial charge in [0.15, 0.2) is 0 Å². The molecule has 0 aliphatic rings. The fraction of sp³-hybridized carbons (Fsp3) is 0.0455. The highest BCUT2D eigenvalue weighted by atomic mass is 79.9. The second-order valence-corrected chi connectivity index (χ2v) is 7.32. The van der Waals surface area contributed by atoms with Gasteiger partial charge in [0.25, 0.3) is 0 Å². The molecule has 1 aromatic heterocycles. The van der Waals surface area contributed by atoms with E-state index in [1.54, 1.807) is 7.11 Å². The maximum absolute atomic E-state index is 6.06. The van der Waals surface area contributed by atoms with Crippen molar-refractivity contribution in [1.82, 2.24) is 9.97 Å². The molecule has 4 rings (SSSR count). The van der Waals surface area contributed by atoms with E-state index in [1.807, 2.05) is 60.7 Å². The number of benzene rings is 3. The molecule has 0 bridgehead atoms. The van der Waals surface area contributed by atoms with Gasteiger partial charge in [-0.1, -0.05) is 54.1 Å². The Labute approximate surface area is 171 Å². The first-order valence-corrected chi connectivity index (χ1v) is 9.58. The van der Waals surface area contributed by atoms with Gasteiger partial charge in [-0.3, -0.25) is 0 Å². The van der Waals surface area contributed by atoms with Gasteiger partial charge in [-0.2, -0.15) is 0 Å². The van der Waals surface area contributed by atoms with Crippen LogP contribution in [-0.2, 0) is 0 Å². The second-order valence-electron chi connectivity index (χ2n) is 6.03. The molecule has 1 heterocycles. The average molecular weight is 440 g/mol. The summed E-state index contributed by atoms with van der Waals surface area (Å²) in [7, 11) is 1.65. The molecule has 0 spiro atoms. The van der Waals surface area contributed by atoms with Gasteiger partial charge in [0.2, 0.25) is 0 Å². The van der Waals surface area contributed by atoms with E-state index in [0.717, 1.165) is 44.1 Å². The van der Waals surface area contributed by atoms with Gasteiger partial charge in [0.1, 0.15) is 11.6 Å². The highest BCUT2D eigenvalue weighted by Gasteiger charge is 2.16. The number of aromatic amines is 1. The van der Waals surface area contributed by atoms with Crippen LogP contribution >= 0.6 is 27.5 Å². The fourth-order valence-electron chi connectivity index (χ4n) is 2.95. The third-order valence-corrected chi connectivity index (χ3v) is 5.18. The lowest BCUT2D eigenvalue weighted by Gasteiger charge is -2.04. The van der Waals surface area contributed by atoms with E-state index in [-0.39, 0.29) is 0 Å². The minimum Gasteiger partial charge on any atom is -0.496 e. The Hall–Kier alpha value is -2.56. The zero-order chi connectivity index (χ0) is 18.8. The van der Waals surface area contributed by atoms with Gasteiger partial charge in [-0.05, 0) is 46.3 Å². The fourth-order valence-corrected chi connectivity index (χ4v) is 3.62. The van der Waals surface area contributed by atoms with Crippen LogP contribution in [0.1, 0.15) is 0 Å². The SMILES string of the molecule is COc1ccc(-c2nc(-c3ccccc3)c(-c3ccc(Cl)cc3)[nH]2)cc1Br. The first-order valence-electron chi connectivity index (χ1n) is 8.41. The van der Waals surface area contributed by atoms with E-state index in [2.05, 4.69) is 33.0 Å². The highest BCUT2D eigenvalue weighted by Crippen LogP contribution is 2.35. The molecule has 27 heavy (non-hydrogen) atoms. The molecule has 0 saturated heterocycles. The lowest BCUT2D eigenvalue weighted by molar-refractivity contribution is 0.412. The Morgan fingerprint density at radius 3 is 2.26 bits per heavy atom. The van der Waals surface area contributed by atoms with E-state index >= 15 is 0 Å². The van der Waals surface area contributed by atoms with Crippen LogP contribution < -0.4 is 4.74 Å². The van der Waals surface area contributed by atoms with Crippen molar-refractivity contribution >= 4 is 27.5 Å². The molecule has 134 valence electrons. The van der Waals surface area contributed by atoms with Gasteiger partial charge < -0.3 is 9.72 Å². The molecule has 0 fully saturated rings. The first kappa shape index (κ1) is 17.8. The summed E-state index contributed by atoms with van der Waals surface area (Å²) in [4.78, 5) is 8.38.